The van der Waals surface area contributed by atoms with Crippen molar-refractivity contribution in [1.29, 1.82) is 0 Å². The van der Waals surface area contributed by atoms with Gasteiger partial charge in [0.1, 0.15) is 0 Å². The molecule has 3 rings (SSSR count). The van der Waals surface area contributed by atoms with Gasteiger partial charge in [0.2, 0.25) is 11.9 Å². The maximum atomic E-state index is 5.43. The van der Waals surface area contributed by atoms with E-state index < -0.39 is 0 Å². The summed E-state index contributed by atoms with van der Waals surface area (Å²) >= 11 is 5.43. The Balaban J connectivity index is 1.76. The molecule has 0 saturated carbocycles. The van der Waals surface area contributed by atoms with Gasteiger partial charge in [0.05, 0.1) is 6.54 Å². The predicted octanol–water partition coefficient (Wildman–Crippen LogP) is 4.05. The number of thiocarbonyl (C=S) groups is 1. The maximum Gasteiger partial charge on any atom is 0.229 e. The second-order valence-corrected chi connectivity index (χ2v) is 6.60. The summed E-state index contributed by atoms with van der Waals surface area (Å²) in [5, 5.41) is 9.80. The van der Waals surface area contributed by atoms with Gasteiger partial charge in [-0.1, -0.05) is 48.5 Å². The van der Waals surface area contributed by atoms with E-state index in [2.05, 4.69) is 30.9 Å². The van der Waals surface area contributed by atoms with Gasteiger partial charge in [0.25, 0.3) is 0 Å². The summed E-state index contributed by atoms with van der Waals surface area (Å²) in [7, 11) is 0. The third-order valence-electron chi connectivity index (χ3n) is 3.74. The average molecular weight is 391 g/mol. The summed E-state index contributed by atoms with van der Waals surface area (Å²) in [6, 6.07) is 21.6. The normalized spacial score (nSPS) is 11.0. The molecule has 3 aromatic rings. The zero-order valence-corrected chi connectivity index (χ0v) is 16.6. The van der Waals surface area contributed by atoms with E-state index in [0.717, 1.165) is 22.6 Å². The highest BCUT2D eigenvalue weighted by Gasteiger charge is 2.07. The van der Waals surface area contributed by atoms with Gasteiger partial charge in [0, 0.05) is 17.1 Å². The van der Waals surface area contributed by atoms with E-state index in [1.807, 2.05) is 80.6 Å². The minimum atomic E-state index is 0.426. The molecule has 0 fully saturated rings. The van der Waals surface area contributed by atoms with Crippen molar-refractivity contribution in [2.45, 2.75) is 20.4 Å². The van der Waals surface area contributed by atoms with E-state index in [9.17, 15) is 0 Å². The standard InChI is InChI=1S/C21H22N6S/c1-15-13-16(2)24-20(23-15)26-19(22-14-17-9-5-3-6-10-17)27-21(28)25-18-11-7-4-8-12-18/h3-13H,14H2,1-2H3,(H3,22,23,24,25,26,27,28). The molecule has 0 aliphatic rings. The number of guanidine groups is 1. The van der Waals surface area contributed by atoms with Crippen LogP contribution in [0.5, 0.6) is 0 Å². The lowest BCUT2D eigenvalue weighted by atomic mass is 10.2. The van der Waals surface area contributed by atoms with E-state index in [1.54, 1.807) is 0 Å². The number of para-hydroxylation sites is 1. The van der Waals surface area contributed by atoms with Crippen LogP contribution < -0.4 is 16.0 Å². The van der Waals surface area contributed by atoms with Crippen LogP contribution in [0.25, 0.3) is 0 Å². The van der Waals surface area contributed by atoms with Crippen molar-refractivity contribution in [2.24, 2.45) is 4.99 Å². The molecule has 0 amide bonds. The molecule has 0 aliphatic carbocycles. The van der Waals surface area contributed by atoms with Crippen molar-refractivity contribution in [3.8, 4) is 0 Å². The molecule has 6 nitrogen and oxygen atoms in total. The molecule has 0 saturated heterocycles. The predicted molar refractivity (Wildman–Crippen MR) is 119 cm³/mol. The second kappa shape index (κ2) is 9.57. The molecule has 0 unspecified atom stereocenters. The number of anilines is 2. The van der Waals surface area contributed by atoms with Gasteiger partial charge < -0.3 is 10.6 Å². The molecule has 0 spiro atoms. The summed E-state index contributed by atoms with van der Waals surface area (Å²) in [6.45, 7) is 4.35. The average Bonchev–Trinajstić information content (AvgIpc) is 2.67. The Hall–Kier alpha value is -3.32. The van der Waals surface area contributed by atoms with Gasteiger partial charge >= 0.3 is 0 Å². The van der Waals surface area contributed by atoms with E-state index in [0.29, 0.717) is 23.6 Å². The highest BCUT2D eigenvalue weighted by atomic mass is 32.1. The molecule has 7 heteroatoms. The first-order valence-electron chi connectivity index (χ1n) is 8.89. The highest BCUT2D eigenvalue weighted by Crippen LogP contribution is 2.07. The second-order valence-electron chi connectivity index (χ2n) is 6.19. The Labute approximate surface area is 170 Å². The fourth-order valence-corrected chi connectivity index (χ4v) is 2.76. The number of nitrogens with zero attached hydrogens (tertiary/aromatic N) is 3. The quantitative estimate of drug-likeness (QED) is 0.355. The van der Waals surface area contributed by atoms with Crippen LogP contribution in [0, 0.1) is 13.8 Å². The Morgan fingerprint density at radius 1 is 0.893 bits per heavy atom. The van der Waals surface area contributed by atoms with Gasteiger partial charge in [-0.25, -0.2) is 15.0 Å². The monoisotopic (exact) mass is 390 g/mol. The van der Waals surface area contributed by atoms with E-state index >= 15 is 0 Å². The molecule has 1 aromatic heterocycles. The van der Waals surface area contributed by atoms with E-state index in [4.69, 9.17) is 12.2 Å². The molecule has 0 aliphatic heterocycles. The first kappa shape index (κ1) is 19.4. The maximum absolute atomic E-state index is 5.43. The topological polar surface area (TPSA) is 74.2 Å². The minimum Gasteiger partial charge on any atom is -0.332 e. The number of aliphatic imine (C=N–C) groups is 1. The fraction of sp³-hybridized carbons (Fsp3) is 0.143. The van der Waals surface area contributed by atoms with Crippen LogP contribution in [-0.2, 0) is 6.54 Å². The van der Waals surface area contributed by atoms with Crippen molar-refractivity contribution in [3.05, 3.63) is 83.7 Å². The van der Waals surface area contributed by atoms with Crippen LogP contribution >= 0.6 is 12.2 Å². The van der Waals surface area contributed by atoms with Crippen molar-refractivity contribution in [2.75, 3.05) is 10.6 Å². The highest BCUT2D eigenvalue weighted by molar-refractivity contribution is 7.80. The number of aromatic nitrogens is 2. The lowest BCUT2D eigenvalue weighted by molar-refractivity contribution is 1.03. The molecular formula is C21H22N6S. The van der Waals surface area contributed by atoms with Gasteiger partial charge in [-0.2, -0.15) is 0 Å². The zero-order valence-electron chi connectivity index (χ0n) is 15.8. The largest absolute Gasteiger partial charge is 0.332 e. The molecule has 0 bridgehead atoms. The summed E-state index contributed by atoms with van der Waals surface area (Å²) in [4.78, 5) is 13.4. The number of benzene rings is 2. The zero-order chi connectivity index (χ0) is 19.8. The lowest BCUT2D eigenvalue weighted by Crippen LogP contribution is -2.39. The van der Waals surface area contributed by atoms with Gasteiger partial charge in [-0.3, -0.25) is 5.32 Å². The van der Waals surface area contributed by atoms with Crippen LogP contribution in [0.4, 0.5) is 11.6 Å². The Kier molecular flexibility index (Phi) is 6.64. The van der Waals surface area contributed by atoms with Crippen LogP contribution in [0.2, 0.25) is 0 Å². The van der Waals surface area contributed by atoms with Crippen molar-refractivity contribution in [3.63, 3.8) is 0 Å². The first-order chi connectivity index (χ1) is 13.6. The number of rotatable bonds is 4. The van der Waals surface area contributed by atoms with E-state index in [-0.39, 0.29) is 0 Å². The van der Waals surface area contributed by atoms with Crippen LogP contribution in [-0.4, -0.2) is 21.0 Å². The summed E-state index contributed by atoms with van der Waals surface area (Å²) in [6.07, 6.45) is 0. The van der Waals surface area contributed by atoms with Crippen LogP contribution in [0.1, 0.15) is 17.0 Å². The molecule has 1 heterocycles. The van der Waals surface area contributed by atoms with Gasteiger partial charge in [-0.05, 0) is 49.8 Å². The Morgan fingerprint density at radius 3 is 2.14 bits per heavy atom. The lowest BCUT2D eigenvalue weighted by Gasteiger charge is -2.14. The van der Waals surface area contributed by atoms with Crippen molar-refractivity contribution < 1.29 is 0 Å². The third-order valence-corrected chi connectivity index (χ3v) is 3.94. The summed E-state index contributed by atoms with van der Waals surface area (Å²) in [5.74, 6) is 0.946. The number of hydrogen-bond acceptors (Lipinski definition) is 4. The fourth-order valence-electron chi connectivity index (χ4n) is 2.54. The Bertz CT molecular complexity index is 937. The number of nitrogens with one attached hydrogen (secondary N) is 3. The summed E-state index contributed by atoms with van der Waals surface area (Å²) in [5.41, 5.74) is 3.74. The SMILES string of the molecule is Cc1cc(C)nc(NC(=NCc2ccccc2)NC(=S)Nc2ccccc2)n1. The van der Waals surface area contributed by atoms with Gasteiger partial charge in [0.15, 0.2) is 5.11 Å². The minimum absolute atomic E-state index is 0.426. The van der Waals surface area contributed by atoms with Crippen LogP contribution in [0.15, 0.2) is 71.7 Å². The molecule has 2 aromatic carbocycles. The number of aryl methyl sites for hydroxylation is 2. The van der Waals surface area contributed by atoms with Crippen molar-refractivity contribution >= 4 is 34.9 Å². The molecular weight excluding hydrogens is 368 g/mol. The Morgan fingerprint density at radius 2 is 1.50 bits per heavy atom. The molecule has 0 atom stereocenters. The van der Waals surface area contributed by atoms with Crippen molar-refractivity contribution in [1.82, 2.24) is 15.3 Å². The molecule has 142 valence electrons. The molecule has 0 radical (unpaired) electrons. The third kappa shape index (κ3) is 6.14. The van der Waals surface area contributed by atoms with Gasteiger partial charge in [-0.15, -0.1) is 0 Å². The number of hydrogen-bond donors (Lipinski definition) is 3. The van der Waals surface area contributed by atoms with E-state index in [1.165, 1.54) is 0 Å². The van der Waals surface area contributed by atoms with Crippen LogP contribution in [0.3, 0.4) is 0 Å². The first-order valence-corrected chi connectivity index (χ1v) is 9.30. The molecule has 28 heavy (non-hydrogen) atoms. The smallest absolute Gasteiger partial charge is 0.229 e. The molecule has 3 N–H and O–H groups in total. The summed E-state index contributed by atoms with van der Waals surface area (Å²) < 4.78 is 0.